The molecule has 16 heavy (non-hydrogen) atoms. The minimum atomic E-state index is -0.316. The Kier molecular flexibility index (Phi) is 7.93. The summed E-state index contributed by atoms with van der Waals surface area (Å²) in [5.41, 5.74) is 0. The number of halogens is 1. The number of carbonyl (C=O) groups excluding carboxylic acids is 2. The summed E-state index contributed by atoms with van der Waals surface area (Å²) in [6, 6.07) is -0.316. The molecule has 0 bridgehead atoms. The van der Waals surface area contributed by atoms with E-state index in [-0.39, 0.29) is 30.3 Å². The van der Waals surface area contributed by atoms with E-state index in [1.165, 1.54) is 0 Å². The molecule has 0 aromatic rings. The molecule has 1 fully saturated rings. The summed E-state index contributed by atoms with van der Waals surface area (Å²) in [6.07, 6.45) is 2.17. The largest absolute Gasteiger partial charge is 0.353 e. The average molecular weight is 250 g/mol. The van der Waals surface area contributed by atoms with Gasteiger partial charge in [-0.3, -0.25) is 9.59 Å². The van der Waals surface area contributed by atoms with Gasteiger partial charge in [-0.1, -0.05) is 6.92 Å². The lowest BCUT2D eigenvalue weighted by Gasteiger charge is -2.10. The smallest absolute Gasteiger partial charge is 0.242 e. The van der Waals surface area contributed by atoms with Gasteiger partial charge in [0.1, 0.15) is 6.04 Å². The van der Waals surface area contributed by atoms with Crippen LogP contribution in [0.5, 0.6) is 0 Å². The van der Waals surface area contributed by atoms with E-state index in [0.717, 1.165) is 19.5 Å². The third-order valence-corrected chi connectivity index (χ3v) is 2.34. The van der Waals surface area contributed by atoms with Crippen LogP contribution in [0.15, 0.2) is 0 Å². The Labute approximate surface area is 102 Å². The van der Waals surface area contributed by atoms with E-state index < -0.39 is 0 Å². The highest BCUT2D eigenvalue weighted by Crippen LogP contribution is 2.05. The van der Waals surface area contributed by atoms with Crippen LogP contribution < -0.4 is 16.0 Å². The summed E-state index contributed by atoms with van der Waals surface area (Å²) >= 11 is 0. The third kappa shape index (κ3) is 5.32. The normalized spacial score (nSPS) is 18.8. The van der Waals surface area contributed by atoms with Crippen molar-refractivity contribution in [1.82, 2.24) is 16.0 Å². The Morgan fingerprint density at radius 1 is 1.44 bits per heavy atom. The van der Waals surface area contributed by atoms with Gasteiger partial charge >= 0.3 is 0 Å². The first kappa shape index (κ1) is 15.2. The zero-order chi connectivity index (χ0) is 11.1. The first-order valence-electron chi connectivity index (χ1n) is 5.52. The fourth-order valence-corrected chi connectivity index (χ4v) is 1.51. The van der Waals surface area contributed by atoms with Gasteiger partial charge in [-0.2, -0.15) is 0 Å². The molecule has 3 N–H and O–H groups in total. The fourth-order valence-electron chi connectivity index (χ4n) is 1.51. The van der Waals surface area contributed by atoms with Crippen LogP contribution in [0, 0.1) is 0 Å². The summed E-state index contributed by atoms with van der Waals surface area (Å²) in [5, 5.41) is 8.61. The van der Waals surface area contributed by atoms with Crippen molar-refractivity contribution >= 4 is 24.2 Å². The van der Waals surface area contributed by atoms with Crippen molar-refractivity contribution in [2.45, 2.75) is 32.2 Å². The van der Waals surface area contributed by atoms with E-state index in [1.54, 1.807) is 0 Å². The second kappa shape index (κ2) is 8.35. The van der Waals surface area contributed by atoms with E-state index >= 15 is 0 Å². The zero-order valence-corrected chi connectivity index (χ0v) is 10.4. The van der Waals surface area contributed by atoms with Gasteiger partial charge in [-0.05, 0) is 19.4 Å². The lowest BCUT2D eigenvalue weighted by atomic mass is 10.2. The molecule has 1 atom stereocenters. The molecular formula is C10H20ClN3O2. The predicted molar refractivity (Wildman–Crippen MR) is 64.6 cm³/mol. The van der Waals surface area contributed by atoms with Crippen molar-refractivity contribution in [2.75, 3.05) is 19.6 Å². The molecule has 0 aromatic heterocycles. The van der Waals surface area contributed by atoms with Gasteiger partial charge in [-0.25, -0.2) is 0 Å². The van der Waals surface area contributed by atoms with Crippen LogP contribution in [0.2, 0.25) is 0 Å². The fraction of sp³-hybridized carbons (Fsp3) is 0.800. The summed E-state index contributed by atoms with van der Waals surface area (Å²) < 4.78 is 0. The molecule has 6 heteroatoms. The number of rotatable bonds is 6. The maximum absolute atomic E-state index is 11.5. The Morgan fingerprint density at radius 2 is 2.19 bits per heavy atom. The lowest BCUT2D eigenvalue weighted by Crippen LogP contribution is -2.43. The van der Waals surface area contributed by atoms with E-state index in [0.29, 0.717) is 19.4 Å². The number of hydrogen-bond donors (Lipinski definition) is 3. The summed E-state index contributed by atoms with van der Waals surface area (Å²) in [6.45, 7) is 4.46. The maximum atomic E-state index is 11.5. The molecule has 1 heterocycles. The van der Waals surface area contributed by atoms with Gasteiger partial charge in [0, 0.05) is 19.5 Å². The number of amides is 2. The molecule has 1 rings (SSSR count). The van der Waals surface area contributed by atoms with Gasteiger partial charge in [0.25, 0.3) is 0 Å². The summed E-state index contributed by atoms with van der Waals surface area (Å²) in [4.78, 5) is 22.3. The molecule has 5 nitrogen and oxygen atoms in total. The van der Waals surface area contributed by atoms with Crippen LogP contribution in [0.1, 0.15) is 26.2 Å². The first-order valence-corrected chi connectivity index (χ1v) is 5.52. The highest BCUT2D eigenvalue weighted by atomic mass is 35.5. The molecule has 0 aromatic carbocycles. The Bertz CT molecular complexity index is 236. The standard InChI is InChI=1S/C10H19N3O2.ClH/c1-2-5-11-6-7-12-10(15)8-3-4-9(14)13-8;/h8,11H,2-7H2,1H3,(H,12,15)(H,13,14);1H/t8-;/m0./s1. The molecule has 0 spiro atoms. The predicted octanol–water partition coefficient (Wildman–Crippen LogP) is -0.197. The molecule has 94 valence electrons. The van der Waals surface area contributed by atoms with Crippen LogP contribution in [0.25, 0.3) is 0 Å². The van der Waals surface area contributed by atoms with Crippen LogP contribution in [0.3, 0.4) is 0 Å². The van der Waals surface area contributed by atoms with Crippen molar-refractivity contribution in [1.29, 1.82) is 0 Å². The number of hydrogen-bond acceptors (Lipinski definition) is 3. The maximum Gasteiger partial charge on any atom is 0.242 e. The van der Waals surface area contributed by atoms with Crippen molar-refractivity contribution in [3.63, 3.8) is 0 Å². The Balaban J connectivity index is 0.00000225. The average Bonchev–Trinajstić information content (AvgIpc) is 2.64. The molecule has 1 saturated heterocycles. The van der Waals surface area contributed by atoms with Crippen molar-refractivity contribution in [2.24, 2.45) is 0 Å². The second-order valence-corrected chi connectivity index (χ2v) is 3.70. The summed E-state index contributed by atoms with van der Waals surface area (Å²) in [5.74, 6) is -0.0987. The monoisotopic (exact) mass is 249 g/mol. The molecule has 0 aliphatic carbocycles. The van der Waals surface area contributed by atoms with Crippen LogP contribution in [0.4, 0.5) is 0 Å². The van der Waals surface area contributed by atoms with E-state index in [2.05, 4.69) is 22.9 Å². The molecule has 2 amide bonds. The SMILES string of the molecule is CCCNCCNC(=O)[C@@H]1CCC(=O)N1.Cl. The van der Waals surface area contributed by atoms with Crippen molar-refractivity contribution in [3.05, 3.63) is 0 Å². The van der Waals surface area contributed by atoms with Gasteiger partial charge in [0.05, 0.1) is 0 Å². The topological polar surface area (TPSA) is 70.2 Å². The minimum Gasteiger partial charge on any atom is -0.353 e. The van der Waals surface area contributed by atoms with Crippen LogP contribution in [-0.4, -0.2) is 37.5 Å². The second-order valence-electron chi connectivity index (χ2n) is 3.70. The van der Waals surface area contributed by atoms with E-state index in [9.17, 15) is 9.59 Å². The van der Waals surface area contributed by atoms with E-state index in [4.69, 9.17) is 0 Å². The van der Waals surface area contributed by atoms with Crippen LogP contribution >= 0.6 is 12.4 Å². The summed E-state index contributed by atoms with van der Waals surface area (Å²) in [7, 11) is 0. The Morgan fingerprint density at radius 3 is 2.75 bits per heavy atom. The molecule has 1 aliphatic heterocycles. The molecule has 1 aliphatic rings. The third-order valence-electron chi connectivity index (χ3n) is 2.34. The van der Waals surface area contributed by atoms with Crippen molar-refractivity contribution in [3.8, 4) is 0 Å². The van der Waals surface area contributed by atoms with E-state index in [1.807, 2.05) is 0 Å². The molecule has 0 radical (unpaired) electrons. The Hall–Kier alpha value is -0.810. The zero-order valence-electron chi connectivity index (χ0n) is 9.54. The first-order chi connectivity index (χ1) is 7.24. The minimum absolute atomic E-state index is 0. The van der Waals surface area contributed by atoms with Gasteiger partial charge in [-0.15, -0.1) is 12.4 Å². The lowest BCUT2D eigenvalue weighted by molar-refractivity contribution is -0.125. The number of carbonyl (C=O) groups is 2. The quantitative estimate of drug-likeness (QED) is 0.571. The molecule has 0 saturated carbocycles. The van der Waals surface area contributed by atoms with Gasteiger partial charge in [0.2, 0.25) is 11.8 Å². The molecular weight excluding hydrogens is 230 g/mol. The van der Waals surface area contributed by atoms with Gasteiger partial charge in [0.15, 0.2) is 0 Å². The highest BCUT2D eigenvalue weighted by molar-refractivity contribution is 5.90. The van der Waals surface area contributed by atoms with Crippen molar-refractivity contribution < 1.29 is 9.59 Å². The molecule has 0 unspecified atom stereocenters. The van der Waals surface area contributed by atoms with Crippen LogP contribution in [-0.2, 0) is 9.59 Å². The highest BCUT2D eigenvalue weighted by Gasteiger charge is 2.26. The number of nitrogens with one attached hydrogen (secondary N) is 3. The van der Waals surface area contributed by atoms with Gasteiger partial charge < -0.3 is 16.0 Å².